The van der Waals surface area contributed by atoms with Crippen molar-refractivity contribution in [1.82, 2.24) is 0 Å². The summed E-state index contributed by atoms with van der Waals surface area (Å²) < 4.78 is 10.4. The van der Waals surface area contributed by atoms with Gasteiger partial charge < -0.3 is 9.47 Å². The molecule has 2 fully saturated rings. The van der Waals surface area contributed by atoms with Crippen LogP contribution in [0.25, 0.3) is 0 Å². The molecule has 0 amide bonds. The van der Waals surface area contributed by atoms with Crippen molar-refractivity contribution in [3.05, 3.63) is 0 Å². The average molecular weight is 212 g/mol. The number of carbonyl (C=O) groups excluding carboxylic acids is 1. The van der Waals surface area contributed by atoms with Gasteiger partial charge in [-0.25, -0.2) is 0 Å². The molecule has 1 aliphatic carbocycles. The number of hydrogen-bond donors (Lipinski definition) is 0. The summed E-state index contributed by atoms with van der Waals surface area (Å²) in [6.45, 7) is 1.12. The van der Waals surface area contributed by atoms with Gasteiger partial charge in [0.15, 0.2) is 0 Å². The zero-order chi connectivity index (χ0) is 10.7. The van der Waals surface area contributed by atoms with E-state index in [-0.39, 0.29) is 11.4 Å². The summed E-state index contributed by atoms with van der Waals surface area (Å²) in [5.74, 6) is 0.470. The number of carbonyl (C=O) groups is 1. The zero-order valence-corrected chi connectivity index (χ0v) is 9.46. The lowest BCUT2D eigenvalue weighted by molar-refractivity contribution is -0.152. The normalized spacial score (nSPS) is 33.0. The fourth-order valence-electron chi connectivity index (χ4n) is 3.10. The van der Waals surface area contributed by atoms with Crippen LogP contribution < -0.4 is 0 Å². The molecule has 0 aromatic heterocycles. The largest absolute Gasteiger partial charge is 0.465 e. The van der Waals surface area contributed by atoms with Crippen LogP contribution in [0.4, 0.5) is 0 Å². The Bertz CT molecular complexity index is 233. The van der Waals surface area contributed by atoms with Crippen molar-refractivity contribution in [2.24, 2.45) is 11.3 Å². The van der Waals surface area contributed by atoms with Gasteiger partial charge in [0.05, 0.1) is 18.6 Å². The molecular weight excluding hydrogens is 192 g/mol. The molecule has 0 bridgehead atoms. The van der Waals surface area contributed by atoms with E-state index in [1.54, 1.807) is 7.11 Å². The molecule has 86 valence electrons. The molecule has 1 saturated heterocycles. The number of esters is 1. The Labute approximate surface area is 91.1 Å². The molecule has 3 heteroatoms. The second-order valence-corrected chi connectivity index (χ2v) is 4.81. The first-order valence-corrected chi connectivity index (χ1v) is 5.96. The predicted molar refractivity (Wildman–Crippen MR) is 56.5 cm³/mol. The maximum Gasteiger partial charge on any atom is 0.314 e. The van der Waals surface area contributed by atoms with Crippen LogP contribution in [-0.2, 0) is 14.3 Å². The maximum absolute atomic E-state index is 11.9. The number of cyclic esters (lactones) is 1. The first-order chi connectivity index (χ1) is 7.29. The second-order valence-electron chi connectivity index (χ2n) is 4.81. The molecule has 1 aliphatic heterocycles. The van der Waals surface area contributed by atoms with Crippen LogP contribution >= 0.6 is 0 Å². The van der Waals surface area contributed by atoms with E-state index in [9.17, 15) is 4.79 Å². The quantitative estimate of drug-likeness (QED) is 0.672. The summed E-state index contributed by atoms with van der Waals surface area (Å²) in [4.78, 5) is 11.9. The van der Waals surface area contributed by atoms with Gasteiger partial charge in [-0.1, -0.05) is 19.3 Å². The van der Waals surface area contributed by atoms with Crippen LogP contribution in [0.3, 0.4) is 0 Å². The van der Waals surface area contributed by atoms with E-state index in [2.05, 4.69) is 0 Å². The fraction of sp³-hybridized carbons (Fsp3) is 0.917. The Morgan fingerprint density at radius 1 is 1.40 bits per heavy atom. The van der Waals surface area contributed by atoms with Crippen LogP contribution in [0.15, 0.2) is 0 Å². The van der Waals surface area contributed by atoms with Crippen LogP contribution in [0.2, 0.25) is 0 Å². The van der Waals surface area contributed by atoms with Gasteiger partial charge in [-0.15, -0.1) is 0 Å². The van der Waals surface area contributed by atoms with Crippen molar-refractivity contribution < 1.29 is 14.3 Å². The molecule has 2 aliphatic rings. The molecule has 15 heavy (non-hydrogen) atoms. The Balaban J connectivity index is 2.13. The molecule has 0 aromatic carbocycles. The van der Waals surface area contributed by atoms with Gasteiger partial charge >= 0.3 is 5.97 Å². The molecule has 2 rings (SSSR count). The van der Waals surface area contributed by atoms with E-state index < -0.39 is 0 Å². The minimum absolute atomic E-state index is 0.0174. The molecule has 0 N–H and O–H groups in total. The van der Waals surface area contributed by atoms with Crippen LogP contribution in [0, 0.1) is 11.3 Å². The molecule has 1 atom stereocenters. The Kier molecular flexibility index (Phi) is 3.29. The summed E-state index contributed by atoms with van der Waals surface area (Å²) in [7, 11) is 1.68. The molecule has 3 nitrogen and oxygen atoms in total. The molecule has 0 spiro atoms. The van der Waals surface area contributed by atoms with E-state index in [1.807, 2.05) is 0 Å². The topological polar surface area (TPSA) is 35.5 Å². The number of hydrogen-bond acceptors (Lipinski definition) is 3. The van der Waals surface area contributed by atoms with Crippen molar-refractivity contribution in [1.29, 1.82) is 0 Å². The Hall–Kier alpha value is -0.570. The van der Waals surface area contributed by atoms with E-state index >= 15 is 0 Å². The fourth-order valence-corrected chi connectivity index (χ4v) is 3.10. The minimum atomic E-state index is -0.310. The summed E-state index contributed by atoms with van der Waals surface area (Å²) in [5.41, 5.74) is -0.310. The smallest absolute Gasteiger partial charge is 0.314 e. The molecule has 1 saturated carbocycles. The lowest BCUT2D eigenvalue weighted by atomic mass is 9.68. The van der Waals surface area contributed by atoms with E-state index in [0.29, 0.717) is 19.1 Å². The summed E-state index contributed by atoms with van der Waals surface area (Å²) in [6, 6.07) is 0. The SMILES string of the molecule is COCC1(C2CCCCC2)CCOC1=O. The average Bonchev–Trinajstić information content (AvgIpc) is 2.63. The van der Waals surface area contributed by atoms with E-state index in [0.717, 1.165) is 6.42 Å². The molecule has 1 unspecified atom stereocenters. The number of rotatable bonds is 3. The Morgan fingerprint density at radius 3 is 2.67 bits per heavy atom. The third kappa shape index (κ3) is 1.89. The monoisotopic (exact) mass is 212 g/mol. The minimum Gasteiger partial charge on any atom is -0.465 e. The van der Waals surface area contributed by atoms with Gasteiger partial charge in [0, 0.05) is 13.5 Å². The maximum atomic E-state index is 11.9. The third-order valence-corrected chi connectivity index (χ3v) is 3.98. The van der Waals surface area contributed by atoms with Crippen LogP contribution in [-0.4, -0.2) is 26.3 Å². The standard InChI is InChI=1S/C12H20O3/c1-14-9-12(7-8-15-11(12)13)10-5-3-2-4-6-10/h10H,2-9H2,1H3. The molecule has 0 aromatic rings. The van der Waals surface area contributed by atoms with Gasteiger partial charge in [0.25, 0.3) is 0 Å². The summed E-state index contributed by atoms with van der Waals surface area (Å²) >= 11 is 0. The summed E-state index contributed by atoms with van der Waals surface area (Å²) in [6.07, 6.45) is 7.00. The van der Waals surface area contributed by atoms with E-state index in [1.165, 1.54) is 32.1 Å². The first-order valence-electron chi connectivity index (χ1n) is 5.96. The van der Waals surface area contributed by atoms with Crippen molar-refractivity contribution in [2.45, 2.75) is 38.5 Å². The van der Waals surface area contributed by atoms with Gasteiger partial charge in [-0.05, 0) is 18.8 Å². The van der Waals surface area contributed by atoms with Crippen molar-refractivity contribution >= 4 is 5.97 Å². The van der Waals surface area contributed by atoms with E-state index in [4.69, 9.17) is 9.47 Å². The highest BCUT2D eigenvalue weighted by Gasteiger charge is 2.50. The van der Waals surface area contributed by atoms with Crippen molar-refractivity contribution in [3.63, 3.8) is 0 Å². The predicted octanol–water partition coefficient (Wildman–Crippen LogP) is 2.15. The lowest BCUT2D eigenvalue weighted by Gasteiger charge is -2.35. The highest BCUT2D eigenvalue weighted by atomic mass is 16.5. The first kappa shape index (κ1) is 10.9. The highest BCUT2D eigenvalue weighted by molar-refractivity contribution is 5.79. The number of ether oxygens (including phenoxy) is 2. The lowest BCUT2D eigenvalue weighted by Crippen LogP contribution is -2.40. The van der Waals surface area contributed by atoms with Gasteiger partial charge in [0.2, 0.25) is 0 Å². The van der Waals surface area contributed by atoms with Crippen LogP contribution in [0.5, 0.6) is 0 Å². The second kappa shape index (κ2) is 4.52. The highest BCUT2D eigenvalue weighted by Crippen LogP contribution is 2.45. The third-order valence-electron chi connectivity index (χ3n) is 3.98. The van der Waals surface area contributed by atoms with Gasteiger partial charge in [0.1, 0.15) is 0 Å². The summed E-state index contributed by atoms with van der Waals surface area (Å²) in [5, 5.41) is 0. The van der Waals surface area contributed by atoms with Crippen LogP contribution in [0.1, 0.15) is 38.5 Å². The zero-order valence-electron chi connectivity index (χ0n) is 9.46. The molecule has 0 radical (unpaired) electrons. The molecule has 1 heterocycles. The van der Waals surface area contributed by atoms with Crippen molar-refractivity contribution in [3.8, 4) is 0 Å². The van der Waals surface area contributed by atoms with Crippen molar-refractivity contribution in [2.75, 3.05) is 20.3 Å². The molecular formula is C12H20O3. The number of methoxy groups -OCH3 is 1. The Morgan fingerprint density at radius 2 is 2.13 bits per heavy atom. The van der Waals surface area contributed by atoms with Gasteiger partial charge in [-0.2, -0.15) is 0 Å². The van der Waals surface area contributed by atoms with Gasteiger partial charge in [-0.3, -0.25) is 4.79 Å².